The molecule has 4 bridgehead atoms. The van der Waals surface area contributed by atoms with Crippen molar-refractivity contribution in [1.29, 1.82) is 0 Å². The fraction of sp³-hybridized carbons (Fsp3) is 0.176. The van der Waals surface area contributed by atoms with Crippen molar-refractivity contribution in [2.45, 2.75) is 18.5 Å². The van der Waals surface area contributed by atoms with Gasteiger partial charge in [-0.05, 0) is 24.0 Å². The second-order valence-corrected chi connectivity index (χ2v) is 4.97. The molecule has 6 rings (SSSR count). The SMILES string of the molecule is O=C=NC1(N=C=O)c2ccc(cc2)CCc2ccc1cc2. The summed E-state index contributed by atoms with van der Waals surface area (Å²) in [7, 11) is 0. The van der Waals surface area contributed by atoms with E-state index in [1.165, 1.54) is 23.3 Å². The molecule has 0 N–H and O–H groups in total. The Morgan fingerprint density at radius 2 is 1.10 bits per heavy atom. The van der Waals surface area contributed by atoms with Gasteiger partial charge in [0.2, 0.25) is 17.8 Å². The normalized spacial score (nSPS) is 14.7. The lowest BCUT2D eigenvalue weighted by atomic mass is 9.91. The third-order valence-electron chi connectivity index (χ3n) is 3.83. The minimum absolute atomic E-state index is 0.646. The van der Waals surface area contributed by atoms with E-state index in [0.717, 1.165) is 12.8 Å². The number of aliphatic imine (C=N–C) groups is 2. The highest BCUT2D eigenvalue weighted by atomic mass is 16.1. The van der Waals surface area contributed by atoms with Crippen molar-refractivity contribution in [2.75, 3.05) is 0 Å². The van der Waals surface area contributed by atoms with Gasteiger partial charge in [-0.1, -0.05) is 48.5 Å². The van der Waals surface area contributed by atoms with Crippen LogP contribution in [0.1, 0.15) is 22.3 Å². The third kappa shape index (κ3) is 2.23. The van der Waals surface area contributed by atoms with E-state index in [1.54, 1.807) is 0 Å². The molecule has 2 aromatic rings. The number of hydrogen-bond donors (Lipinski definition) is 0. The molecule has 0 amide bonds. The molecule has 0 aliphatic heterocycles. The zero-order chi connectivity index (χ0) is 14.7. The van der Waals surface area contributed by atoms with Crippen LogP contribution in [-0.2, 0) is 28.1 Å². The van der Waals surface area contributed by atoms with Crippen LogP contribution >= 0.6 is 0 Å². The maximum Gasteiger partial charge on any atom is 0.238 e. The molecule has 4 aliphatic rings. The van der Waals surface area contributed by atoms with Gasteiger partial charge in [0.15, 0.2) is 0 Å². The summed E-state index contributed by atoms with van der Waals surface area (Å²) in [4.78, 5) is 29.5. The lowest BCUT2D eigenvalue weighted by Gasteiger charge is -2.23. The molecule has 4 aliphatic carbocycles. The van der Waals surface area contributed by atoms with Gasteiger partial charge in [0, 0.05) is 11.1 Å². The van der Waals surface area contributed by atoms with Gasteiger partial charge in [0.05, 0.1) is 0 Å². The van der Waals surface area contributed by atoms with Crippen molar-refractivity contribution < 1.29 is 9.59 Å². The predicted octanol–water partition coefficient (Wildman–Crippen LogP) is 2.66. The zero-order valence-electron chi connectivity index (χ0n) is 11.2. The molecule has 4 heteroatoms. The minimum atomic E-state index is -1.40. The highest BCUT2D eigenvalue weighted by Gasteiger charge is 2.34. The van der Waals surface area contributed by atoms with Crippen LogP contribution < -0.4 is 0 Å². The fourth-order valence-electron chi connectivity index (χ4n) is 2.68. The Balaban J connectivity index is 2.36. The number of benzene rings is 2. The highest BCUT2D eigenvalue weighted by Crippen LogP contribution is 2.36. The maximum atomic E-state index is 10.9. The van der Waals surface area contributed by atoms with Crippen LogP contribution in [0.15, 0.2) is 58.5 Å². The molecule has 0 aromatic heterocycles. The van der Waals surface area contributed by atoms with Gasteiger partial charge in [0.25, 0.3) is 0 Å². The quantitative estimate of drug-likeness (QED) is 0.625. The predicted molar refractivity (Wildman–Crippen MR) is 77.3 cm³/mol. The maximum absolute atomic E-state index is 10.9. The molecule has 0 heterocycles. The summed E-state index contributed by atoms with van der Waals surface area (Å²) in [5.41, 5.74) is 2.26. The summed E-state index contributed by atoms with van der Waals surface area (Å²) in [5, 5.41) is 0. The molecule has 4 nitrogen and oxygen atoms in total. The first-order valence-electron chi connectivity index (χ1n) is 6.65. The summed E-state index contributed by atoms with van der Waals surface area (Å²) in [6.07, 6.45) is 4.94. The van der Waals surface area contributed by atoms with E-state index >= 15 is 0 Å². The molecule has 0 atom stereocenters. The first kappa shape index (κ1) is 13.2. The first-order chi connectivity index (χ1) is 10.3. The van der Waals surface area contributed by atoms with Crippen molar-refractivity contribution in [2.24, 2.45) is 9.98 Å². The van der Waals surface area contributed by atoms with E-state index < -0.39 is 5.66 Å². The molecular weight excluding hydrogens is 264 g/mol. The number of rotatable bonds is 2. The van der Waals surface area contributed by atoms with E-state index in [1.807, 2.05) is 48.5 Å². The van der Waals surface area contributed by atoms with E-state index in [4.69, 9.17) is 0 Å². The second-order valence-electron chi connectivity index (χ2n) is 4.97. The Morgan fingerprint density at radius 1 is 0.714 bits per heavy atom. The first-order valence-corrected chi connectivity index (χ1v) is 6.65. The number of hydrogen-bond acceptors (Lipinski definition) is 4. The van der Waals surface area contributed by atoms with Crippen LogP contribution in [-0.4, -0.2) is 12.2 Å². The van der Waals surface area contributed by atoms with Gasteiger partial charge in [-0.15, -0.1) is 0 Å². The van der Waals surface area contributed by atoms with Crippen LogP contribution in [0.3, 0.4) is 0 Å². The van der Waals surface area contributed by atoms with Crippen LogP contribution in [0.4, 0.5) is 0 Å². The van der Waals surface area contributed by atoms with Crippen molar-refractivity contribution in [3.8, 4) is 0 Å². The van der Waals surface area contributed by atoms with E-state index in [-0.39, 0.29) is 0 Å². The van der Waals surface area contributed by atoms with Crippen LogP contribution in [0.25, 0.3) is 0 Å². The van der Waals surface area contributed by atoms with Crippen LogP contribution in [0.2, 0.25) is 0 Å². The van der Waals surface area contributed by atoms with Gasteiger partial charge < -0.3 is 0 Å². The Hall–Kier alpha value is -2.80. The summed E-state index contributed by atoms with van der Waals surface area (Å²) in [6.45, 7) is 0. The van der Waals surface area contributed by atoms with E-state index in [9.17, 15) is 9.59 Å². The average Bonchev–Trinajstić information content (AvgIpc) is 2.59. The molecule has 0 radical (unpaired) electrons. The Labute approximate surface area is 121 Å². The Kier molecular flexibility index (Phi) is 3.33. The smallest absolute Gasteiger partial charge is 0.211 e. The lowest BCUT2D eigenvalue weighted by molar-refractivity contribution is 0.516. The van der Waals surface area contributed by atoms with E-state index in [0.29, 0.717) is 11.1 Å². The van der Waals surface area contributed by atoms with Crippen LogP contribution in [0, 0.1) is 0 Å². The molecule has 102 valence electrons. The number of carbonyl (C=O) groups excluding carboxylic acids is 2. The molecule has 2 aromatic carbocycles. The van der Waals surface area contributed by atoms with Crippen molar-refractivity contribution in [3.63, 3.8) is 0 Å². The molecule has 0 unspecified atom stereocenters. The summed E-state index contributed by atoms with van der Waals surface area (Å²) in [5.74, 6) is 0. The summed E-state index contributed by atoms with van der Waals surface area (Å²) >= 11 is 0. The summed E-state index contributed by atoms with van der Waals surface area (Å²) < 4.78 is 0. The standard InChI is InChI=1S/C17H12N2O2/c20-11-18-17(19-12-21)15-7-3-13(4-8-15)1-2-14-5-9-16(17)10-6-14/h3-10H,1-2H2. The second kappa shape index (κ2) is 5.29. The molecule has 0 spiro atoms. The van der Waals surface area contributed by atoms with Gasteiger partial charge in [-0.3, -0.25) is 0 Å². The van der Waals surface area contributed by atoms with Crippen LogP contribution in [0.5, 0.6) is 0 Å². The van der Waals surface area contributed by atoms with Crippen molar-refractivity contribution in [1.82, 2.24) is 0 Å². The number of aryl methyl sites for hydroxylation is 2. The Morgan fingerprint density at radius 3 is 1.43 bits per heavy atom. The largest absolute Gasteiger partial charge is 0.238 e. The van der Waals surface area contributed by atoms with Crippen molar-refractivity contribution in [3.05, 3.63) is 70.8 Å². The third-order valence-corrected chi connectivity index (χ3v) is 3.83. The lowest BCUT2D eigenvalue weighted by Crippen LogP contribution is -2.22. The van der Waals surface area contributed by atoms with Gasteiger partial charge in [0.1, 0.15) is 0 Å². The highest BCUT2D eigenvalue weighted by molar-refractivity contribution is 5.50. The van der Waals surface area contributed by atoms with E-state index in [2.05, 4.69) is 9.98 Å². The van der Waals surface area contributed by atoms with Crippen molar-refractivity contribution >= 4 is 12.2 Å². The fourth-order valence-corrected chi connectivity index (χ4v) is 2.68. The monoisotopic (exact) mass is 276 g/mol. The minimum Gasteiger partial charge on any atom is -0.211 e. The number of isocyanates is 2. The molecular formula is C17H12N2O2. The van der Waals surface area contributed by atoms with Gasteiger partial charge in [-0.2, -0.15) is 9.98 Å². The average molecular weight is 276 g/mol. The van der Waals surface area contributed by atoms with Gasteiger partial charge in [-0.25, -0.2) is 9.59 Å². The molecule has 0 saturated heterocycles. The zero-order valence-corrected chi connectivity index (χ0v) is 11.2. The topological polar surface area (TPSA) is 58.9 Å². The molecule has 21 heavy (non-hydrogen) atoms. The molecule has 0 fully saturated rings. The molecule has 0 saturated carbocycles. The Bertz CT molecular complexity index is 683. The van der Waals surface area contributed by atoms with Gasteiger partial charge >= 0.3 is 0 Å². The number of nitrogens with zero attached hydrogens (tertiary/aromatic N) is 2. The summed E-state index contributed by atoms with van der Waals surface area (Å²) in [6, 6.07) is 15.2.